The van der Waals surface area contributed by atoms with Crippen molar-refractivity contribution in [3.63, 3.8) is 0 Å². The average molecular weight is 385 g/mol. The van der Waals surface area contributed by atoms with Crippen molar-refractivity contribution in [2.24, 2.45) is 5.92 Å². The summed E-state index contributed by atoms with van der Waals surface area (Å²) in [6, 6.07) is 4.57. The fraction of sp³-hybridized carbons (Fsp3) is 0.476. The van der Waals surface area contributed by atoms with Crippen LogP contribution in [0.25, 0.3) is 11.4 Å². The van der Waals surface area contributed by atoms with Gasteiger partial charge in [-0.05, 0) is 63.3 Å². The van der Waals surface area contributed by atoms with Crippen LogP contribution in [0.1, 0.15) is 50.3 Å². The van der Waals surface area contributed by atoms with Gasteiger partial charge in [0.2, 0.25) is 0 Å². The van der Waals surface area contributed by atoms with Crippen LogP contribution >= 0.6 is 0 Å². The van der Waals surface area contributed by atoms with E-state index in [0.717, 1.165) is 41.5 Å². The molecule has 150 valence electrons. The molecule has 1 aromatic carbocycles. The van der Waals surface area contributed by atoms with Gasteiger partial charge in [-0.3, -0.25) is 15.1 Å². The van der Waals surface area contributed by atoms with Crippen LogP contribution < -0.4 is 5.43 Å². The molecule has 28 heavy (non-hydrogen) atoms. The number of nitrogens with one attached hydrogen (secondary N) is 1. The van der Waals surface area contributed by atoms with Gasteiger partial charge in [-0.15, -0.1) is 5.12 Å². The van der Waals surface area contributed by atoms with Gasteiger partial charge in [0.1, 0.15) is 5.82 Å². The third kappa shape index (κ3) is 3.52. The molecule has 2 aromatic rings. The van der Waals surface area contributed by atoms with Crippen LogP contribution in [0.15, 0.2) is 30.6 Å². The summed E-state index contributed by atoms with van der Waals surface area (Å²) >= 11 is 0. The zero-order chi connectivity index (χ0) is 20.1. The molecule has 0 atom stereocenters. The standard InChI is InChI=1S/C21H28FN5O/c1-5-27-20(15-11-23-26(13-15)12-14-6-7-14)19(24-25(27)4)17-9-8-16(22)10-18(17)21(2,3)28/h8-11,13-14,24,28H,5-7,12H2,1-4H3. The van der Waals surface area contributed by atoms with Crippen LogP contribution in [0, 0.1) is 11.7 Å². The molecule has 0 radical (unpaired) electrons. The summed E-state index contributed by atoms with van der Waals surface area (Å²) in [4.78, 5) is 0. The first-order chi connectivity index (χ1) is 13.3. The summed E-state index contributed by atoms with van der Waals surface area (Å²) in [6.45, 7) is 7.14. The molecule has 1 fully saturated rings. The lowest BCUT2D eigenvalue weighted by Gasteiger charge is -2.26. The fourth-order valence-electron chi connectivity index (χ4n) is 3.80. The third-order valence-corrected chi connectivity index (χ3v) is 5.39. The molecule has 2 heterocycles. The Morgan fingerprint density at radius 2 is 2.07 bits per heavy atom. The Hall–Kier alpha value is -2.38. The van der Waals surface area contributed by atoms with E-state index in [0.29, 0.717) is 5.56 Å². The smallest absolute Gasteiger partial charge is 0.123 e. The number of hydrogen-bond acceptors (Lipinski definition) is 5. The van der Waals surface area contributed by atoms with Crippen molar-refractivity contribution in [2.75, 3.05) is 13.6 Å². The van der Waals surface area contributed by atoms with Crippen molar-refractivity contribution in [1.82, 2.24) is 25.3 Å². The van der Waals surface area contributed by atoms with Crippen molar-refractivity contribution in [2.45, 2.75) is 45.8 Å². The van der Waals surface area contributed by atoms with E-state index in [1.54, 1.807) is 19.9 Å². The van der Waals surface area contributed by atoms with E-state index >= 15 is 0 Å². The molecule has 0 amide bonds. The molecule has 0 bridgehead atoms. The monoisotopic (exact) mass is 385 g/mol. The van der Waals surface area contributed by atoms with E-state index in [-0.39, 0.29) is 5.82 Å². The Kier molecular flexibility index (Phi) is 4.67. The molecule has 2 aliphatic rings. The van der Waals surface area contributed by atoms with Crippen molar-refractivity contribution in [3.8, 4) is 0 Å². The van der Waals surface area contributed by atoms with E-state index in [9.17, 15) is 9.50 Å². The largest absolute Gasteiger partial charge is 0.386 e. The SMILES string of the molecule is CCN1C(c2cnn(CC3CC3)c2)=C(c2ccc(F)cc2C(C)(C)O)NN1C. The molecule has 0 saturated heterocycles. The van der Waals surface area contributed by atoms with Crippen LogP contribution in [0.3, 0.4) is 0 Å². The number of nitrogens with zero attached hydrogens (tertiary/aromatic N) is 4. The zero-order valence-corrected chi connectivity index (χ0v) is 16.9. The molecule has 4 rings (SSSR count). The minimum atomic E-state index is -1.18. The molecular weight excluding hydrogens is 357 g/mol. The highest BCUT2D eigenvalue weighted by Gasteiger charge is 2.33. The van der Waals surface area contributed by atoms with Gasteiger partial charge in [-0.1, -0.05) is 0 Å². The molecule has 7 heteroatoms. The van der Waals surface area contributed by atoms with Gasteiger partial charge in [0.05, 0.1) is 23.2 Å². The molecule has 1 aromatic heterocycles. The first-order valence-corrected chi connectivity index (χ1v) is 9.85. The number of hydrazine groups is 2. The van der Waals surface area contributed by atoms with Gasteiger partial charge in [-0.2, -0.15) is 5.10 Å². The molecule has 6 nitrogen and oxygen atoms in total. The number of halogens is 1. The maximum absolute atomic E-state index is 14.0. The van der Waals surface area contributed by atoms with Crippen molar-refractivity contribution < 1.29 is 9.50 Å². The highest BCUT2D eigenvalue weighted by molar-refractivity contribution is 5.91. The molecule has 0 unspecified atom stereocenters. The normalized spacial score (nSPS) is 18.1. The number of hydrogen-bond donors (Lipinski definition) is 2. The fourth-order valence-corrected chi connectivity index (χ4v) is 3.80. The predicted molar refractivity (Wildman–Crippen MR) is 107 cm³/mol. The van der Waals surface area contributed by atoms with E-state index in [2.05, 4.69) is 28.7 Å². The minimum absolute atomic E-state index is 0.362. The molecule has 1 saturated carbocycles. The van der Waals surface area contributed by atoms with Crippen LogP contribution in [0.2, 0.25) is 0 Å². The van der Waals surface area contributed by atoms with Crippen LogP contribution in [-0.2, 0) is 12.1 Å². The summed E-state index contributed by atoms with van der Waals surface area (Å²) in [5.74, 6) is 0.380. The van der Waals surface area contributed by atoms with E-state index in [1.807, 2.05) is 23.0 Å². The summed E-state index contributed by atoms with van der Waals surface area (Å²) in [6.07, 6.45) is 6.51. The Morgan fingerprint density at radius 1 is 1.32 bits per heavy atom. The second kappa shape index (κ2) is 6.90. The molecule has 1 aliphatic carbocycles. The van der Waals surface area contributed by atoms with E-state index in [4.69, 9.17) is 0 Å². The van der Waals surface area contributed by atoms with Crippen molar-refractivity contribution in [1.29, 1.82) is 0 Å². The molecule has 1 aliphatic heterocycles. The first-order valence-electron chi connectivity index (χ1n) is 9.85. The summed E-state index contributed by atoms with van der Waals surface area (Å²) < 4.78 is 16.0. The Labute approximate surface area is 165 Å². The topological polar surface area (TPSA) is 56.6 Å². The minimum Gasteiger partial charge on any atom is -0.386 e. The van der Waals surface area contributed by atoms with E-state index in [1.165, 1.54) is 25.0 Å². The highest BCUT2D eigenvalue weighted by atomic mass is 19.1. The van der Waals surface area contributed by atoms with Crippen molar-refractivity contribution >= 4 is 11.4 Å². The summed E-state index contributed by atoms with van der Waals surface area (Å²) in [5, 5.41) is 19.2. The number of rotatable bonds is 6. The Bertz CT molecular complexity index is 910. The molecule has 2 N–H and O–H groups in total. The Balaban J connectivity index is 1.84. The maximum Gasteiger partial charge on any atom is 0.123 e. The maximum atomic E-state index is 14.0. The number of aliphatic hydroxyl groups is 1. The van der Waals surface area contributed by atoms with E-state index < -0.39 is 5.60 Å². The quantitative estimate of drug-likeness (QED) is 0.800. The summed E-state index contributed by atoms with van der Waals surface area (Å²) in [7, 11) is 1.94. The predicted octanol–water partition coefficient (Wildman–Crippen LogP) is 3.17. The highest BCUT2D eigenvalue weighted by Crippen LogP contribution is 2.38. The number of aromatic nitrogens is 2. The summed E-state index contributed by atoms with van der Waals surface area (Å²) in [5.41, 5.74) is 6.35. The Morgan fingerprint density at radius 3 is 2.71 bits per heavy atom. The van der Waals surface area contributed by atoms with Gasteiger partial charge in [0.15, 0.2) is 0 Å². The number of benzene rings is 1. The third-order valence-electron chi connectivity index (χ3n) is 5.39. The second-order valence-corrected chi connectivity index (χ2v) is 8.22. The lowest BCUT2D eigenvalue weighted by atomic mass is 9.90. The van der Waals surface area contributed by atoms with Gasteiger partial charge in [0.25, 0.3) is 0 Å². The zero-order valence-electron chi connectivity index (χ0n) is 16.9. The second-order valence-electron chi connectivity index (χ2n) is 8.22. The van der Waals surface area contributed by atoms with Crippen LogP contribution in [0.5, 0.6) is 0 Å². The lowest BCUT2D eigenvalue weighted by molar-refractivity contribution is 0.0544. The average Bonchev–Trinajstić information content (AvgIpc) is 3.21. The van der Waals surface area contributed by atoms with Gasteiger partial charge < -0.3 is 5.11 Å². The molecule has 0 spiro atoms. The molecular formula is C21H28FN5O. The van der Waals surface area contributed by atoms with Gasteiger partial charge in [0, 0.05) is 37.5 Å². The van der Waals surface area contributed by atoms with Crippen LogP contribution in [-0.4, -0.2) is 38.6 Å². The van der Waals surface area contributed by atoms with Crippen LogP contribution in [0.4, 0.5) is 4.39 Å². The van der Waals surface area contributed by atoms with Crippen molar-refractivity contribution in [3.05, 3.63) is 53.1 Å². The van der Waals surface area contributed by atoms with Gasteiger partial charge in [-0.25, -0.2) is 4.39 Å². The van der Waals surface area contributed by atoms with Gasteiger partial charge >= 0.3 is 0 Å². The lowest BCUT2D eigenvalue weighted by Crippen LogP contribution is -2.39. The first kappa shape index (κ1) is 19.0.